The topological polar surface area (TPSA) is 87.7 Å². The number of oxime groups is 1. The van der Waals surface area contributed by atoms with Gasteiger partial charge in [-0.1, -0.05) is 43.4 Å². The first-order valence-corrected chi connectivity index (χ1v) is 7.49. The van der Waals surface area contributed by atoms with Crippen molar-refractivity contribution in [2.45, 2.75) is 39.5 Å². The maximum Gasteiger partial charge on any atom is 0.227 e. The number of rotatable bonds is 7. The molecule has 5 nitrogen and oxygen atoms in total. The van der Waals surface area contributed by atoms with Crippen molar-refractivity contribution in [1.82, 2.24) is 0 Å². The maximum absolute atomic E-state index is 12.4. The fourth-order valence-corrected chi connectivity index (χ4v) is 2.41. The Hall–Kier alpha value is -1.75. The molecule has 0 saturated heterocycles. The minimum atomic E-state index is -0.0653. The SMILES string of the molecule is CCCC(CCC)C(=O)Nc1cc(Cl)ccc1/C(N)=N/O. The van der Waals surface area contributed by atoms with Gasteiger partial charge in [0, 0.05) is 16.5 Å². The van der Waals surface area contributed by atoms with Crippen LogP contribution < -0.4 is 11.1 Å². The average Bonchev–Trinajstić information content (AvgIpc) is 2.46. The number of hydrogen-bond donors (Lipinski definition) is 3. The number of anilines is 1. The quantitative estimate of drug-likeness (QED) is 0.311. The zero-order valence-corrected chi connectivity index (χ0v) is 13.2. The van der Waals surface area contributed by atoms with Gasteiger partial charge in [-0.25, -0.2) is 0 Å². The lowest BCUT2D eigenvalue weighted by Crippen LogP contribution is -2.25. The van der Waals surface area contributed by atoms with E-state index in [2.05, 4.69) is 24.3 Å². The van der Waals surface area contributed by atoms with E-state index in [1.807, 2.05) is 0 Å². The number of halogens is 1. The van der Waals surface area contributed by atoms with E-state index in [0.29, 0.717) is 16.3 Å². The number of nitrogens with one attached hydrogen (secondary N) is 1. The highest BCUT2D eigenvalue weighted by Gasteiger charge is 2.18. The maximum atomic E-state index is 12.4. The van der Waals surface area contributed by atoms with Gasteiger partial charge in [0.1, 0.15) is 0 Å². The van der Waals surface area contributed by atoms with Gasteiger partial charge in [0.2, 0.25) is 5.91 Å². The summed E-state index contributed by atoms with van der Waals surface area (Å²) in [6.07, 6.45) is 3.56. The third kappa shape index (κ3) is 4.93. The molecule has 0 aromatic heterocycles. The molecule has 6 heteroatoms. The molecule has 116 valence electrons. The Bertz CT molecular complexity index is 512. The van der Waals surface area contributed by atoms with Crippen molar-refractivity contribution in [1.29, 1.82) is 0 Å². The van der Waals surface area contributed by atoms with Crippen LogP contribution in [0.2, 0.25) is 5.02 Å². The van der Waals surface area contributed by atoms with Crippen molar-refractivity contribution in [3.63, 3.8) is 0 Å². The number of carbonyl (C=O) groups excluding carboxylic acids is 1. The van der Waals surface area contributed by atoms with Crippen LogP contribution in [-0.2, 0) is 4.79 Å². The van der Waals surface area contributed by atoms with Gasteiger partial charge in [-0.05, 0) is 31.0 Å². The Labute approximate surface area is 130 Å². The average molecular weight is 312 g/mol. The van der Waals surface area contributed by atoms with Crippen LogP contribution >= 0.6 is 11.6 Å². The van der Waals surface area contributed by atoms with Gasteiger partial charge in [-0.3, -0.25) is 4.79 Å². The predicted molar refractivity (Wildman–Crippen MR) is 85.9 cm³/mol. The number of amidine groups is 1. The van der Waals surface area contributed by atoms with E-state index in [0.717, 1.165) is 25.7 Å². The molecule has 0 aliphatic heterocycles. The van der Waals surface area contributed by atoms with Gasteiger partial charge in [0.15, 0.2) is 5.84 Å². The molecule has 1 amide bonds. The van der Waals surface area contributed by atoms with Crippen molar-refractivity contribution in [2.75, 3.05) is 5.32 Å². The summed E-state index contributed by atoms with van der Waals surface area (Å²) < 4.78 is 0. The smallest absolute Gasteiger partial charge is 0.227 e. The third-order valence-corrected chi connectivity index (χ3v) is 3.50. The Morgan fingerprint density at radius 2 is 2.00 bits per heavy atom. The van der Waals surface area contributed by atoms with Gasteiger partial charge < -0.3 is 16.3 Å². The highest BCUT2D eigenvalue weighted by atomic mass is 35.5. The molecule has 4 N–H and O–H groups in total. The molecular formula is C15H22ClN3O2. The normalized spacial score (nSPS) is 11.7. The Kier molecular flexibility index (Phi) is 7.02. The first-order valence-electron chi connectivity index (χ1n) is 7.11. The molecule has 1 aromatic carbocycles. The fourth-order valence-electron chi connectivity index (χ4n) is 2.24. The molecule has 0 atom stereocenters. The van der Waals surface area contributed by atoms with Gasteiger partial charge in [-0.2, -0.15) is 0 Å². The predicted octanol–water partition coefficient (Wildman–Crippen LogP) is 3.59. The molecule has 0 aliphatic carbocycles. The number of hydrogen-bond acceptors (Lipinski definition) is 3. The molecule has 0 unspecified atom stereocenters. The molecular weight excluding hydrogens is 290 g/mol. The molecule has 1 rings (SSSR count). The summed E-state index contributed by atoms with van der Waals surface area (Å²) in [6.45, 7) is 4.11. The van der Waals surface area contributed by atoms with Crippen molar-refractivity contribution in [3.8, 4) is 0 Å². The second kappa shape index (κ2) is 8.52. The van der Waals surface area contributed by atoms with Crippen molar-refractivity contribution in [3.05, 3.63) is 28.8 Å². The van der Waals surface area contributed by atoms with E-state index >= 15 is 0 Å². The Morgan fingerprint density at radius 1 is 1.38 bits per heavy atom. The lowest BCUT2D eigenvalue weighted by molar-refractivity contribution is -0.120. The molecule has 0 aliphatic rings. The zero-order chi connectivity index (χ0) is 15.8. The molecule has 0 heterocycles. The highest BCUT2D eigenvalue weighted by molar-refractivity contribution is 6.31. The molecule has 0 fully saturated rings. The molecule has 0 saturated carbocycles. The largest absolute Gasteiger partial charge is 0.409 e. The number of nitrogens with two attached hydrogens (primary N) is 1. The second-order valence-corrected chi connectivity index (χ2v) is 5.38. The lowest BCUT2D eigenvalue weighted by Gasteiger charge is -2.17. The summed E-state index contributed by atoms with van der Waals surface area (Å²) in [5.74, 6) is -0.170. The molecule has 0 radical (unpaired) electrons. The summed E-state index contributed by atoms with van der Waals surface area (Å²) in [5.41, 5.74) is 6.52. The first kappa shape index (κ1) is 17.3. The number of nitrogens with zero attached hydrogens (tertiary/aromatic N) is 1. The van der Waals surface area contributed by atoms with Gasteiger partial charge >= 0.3 is 0 Å². The minimum Gasteiger partial charge on any atom is -0.409 e. The van der Waals surface area contributed by atoms with E-state index in [1.165, 1.54) is 0 Å². The first-order chi connectivity index (χ1) is 10.0. The summed E-state index contributed by atoms with van der Waals surface area (Å²) in [6, 6.07) is 4.84. The number of carbonyl (C=O) groups is 1. The van der Waals surface area contributed by atoms with Crippen LogP contribution in [0.3, 0.4) is 0 Å². The van der Waals surface area contributed by atoms with E-state index < -0.39 is 0 Å². The fraction of sp³-hybridized carbons (Fsp3) is 0.467. The summed E-state index contributed by atoms with van der Waals surface area (Å²) >= 11 is 5.96. The van der Waals surface area contributed by atoms with Crippen LogP contribution in [0.5, 0.6) is 0 Å². The molecule has 21 heavy (non-hydrogen) atoms. The summed E-state index contributed by atoms with van der Waals surface area (Å²) in [4.78, 5) is 12.4. The monoisotopic (exact) mass is 311 g/mol. The number of benzene rings is 1. The molecule has 0 bridgehead atoms. The standard InChI is InChI=1S/C15H22ClN3O2/c1-3-5-10(6-4-2)15(20)18-13-9-11(16)7-8-12(13)14(17)19-21/h7-10,21H,3-6H2,1-2H3,(H2,17,19)(H,18,20). The van der Waals surface area contributed by atoms with Crippen LogP contribution in [0.4, 0.5) is 5.69 Å². The summed E-state index contributed by atoms with van der Waals surface area (Å²) in [5, 5.41) is 15.1. The Balaban J connectivity index is 3.00. The molecule has 0 spiro atoms. The third-order valence-electron chi connectivity index (χ3n) is 3.27. The number of amides is 1. The van der Waals surface area contributed by atoms with Crippen molar-refractivity contribution >= 4 is 29.0 Å². The second-order valence-electron chi connectivity index (χ2n) is 4.94. The minimum absolute atomic E-state index is 0.0425. The summed E-state index contributed by atoms with van der Waals surface area (Å²) in [7, 11) is 0. The van der Waals surface area contributed by atoms with Crippen LogP contribution in [-0.4, -0.2) is 17.0 Å². The zero-order valence-electron chi connectivity index (χ0n) is 12.4. The van der Waals surface area contributed by atoms with E-state index in [-0.39, 0.29) is 17.7 Å². The van der Waals surface area contributed by atoms with E-state index in [4.69, 9.17) is 22.5 Å². The van der Waals surface area contributed by atoms with E-state index in [9.17, 15) is 4.79 Å². The Morgan fingerprint density at radius 3 is 2.52 bits per heavy atom. The van der Waals surface area contributed by atoms with Crippen molar-refractivity contribution in [2.24, 2.45) is 16.8 Å². The van der Waals surface area contributed by atoms with Crippen molar-refractivity contribution < 1.29 is 10.0 Å². The van der Waals surface area contributed by atoms with Crippen LogP contribution in [0, 0.1) is 5.92 Å². The van der Waals surface area contributed by atoms with Crippen LogP contribution in [0.1, 0.15) is 45.1 Å². The van der Waals surface area contributed by atoms with Crippen LogP contribution in [0.25, 0.3) is 0 Å². The van der Waals surface area contributed by atoms with E-state index in [1.54, 1.807) is 18.2 Å². The van der Waals surface area contributed by atoms with Gasteiger partial charge in [0.25, 0.3) is 0 Å². The van der Waals surface area contributed by atoms with Gasteiger partial charge in [0.05, 0.1) is 5.69 Å². The lowest BCUT2D eigenvalue weighted by atomic mass is 9.97. The highest BCUT2D eigenvalue weighted by Crippen LogP contribution is 2.23. The van der Waals surface area contributed by atoms with Gasteiger partial charge in [-0.15, -0.1) is 0 Å². The van der Waals surface area contributed by atoms with Crippen LogP contribution in [0.15, 0.2) is 23.4 Å². The molecule has 1 aromatic rings.